The van der Waals surface area contributed by atoms with E-state index in [-0.39, 0.29) is 16.8 Å². The van der Waals surface area contributed by atoms with Gasteiger partial charge in [0.15, 0.2) is 0 Å². The number of sulfonamides is 1. The number of fused-ring (bicyclic) bond motifs is 1. The molecule has 9 nitrogen and oxygen atoms in total. The fourth-order valence-electron chi connectivity index (χ4n) is 4.11. The molecule has 3 aromatic rings. The molecule has 2 aromatic carbocycles. The van der Waals surface area contributed by atoms with Gasteiger partial charge >= 0.3 is 0 Å². The number of nitrogens with zero attached hydrogens (tertiary/aromatic N) is 4. The summed E-state index contributed by atoms with van der Waals surface area (Å²) in [6, 6.07) is 18.2. The van der Waals surface area contributed by atoms with Crippen molar-refractivity contribution in [3.63, 3.8) is 0 Å². The van der Waals surface area contributed by atoms with Crippen LogP contribution in [-0.2, 0) is 21.4 Å². The normalized spacial score (nSPS) is 15.8. The van der Waals surface area contributed by atoms with Crippen LogP contribution in [0.15, 0.2) is 71.8 Å². The summed E-state index contributed by atoms with van der Waals surface area (Å²) >= 11 is 0. The van der Waals surface area contributed by atoms with Gasteiger partial charge in [0.2, 0.25) is 15.9 Å². The maximum atomic E-state index is 12.9. The van der Waals surface area contributed by atoms with Gasteiger partial charge in [0.25, 0.3) is 0 Å². The summed E-state index contributed by atoms with van der Waals surface area (Å²) in [5.41, 5.74) is 3.29. The quantitative estimate of drug-likeness (QED) is 0.459. The molecule has 190 valence electrons. The summed E-state index contributed by atoms with van der Waals surface area (Å²) in [6.07, 6.45) is 1.67. The van der Waals surface area contributed by atoms with Gasteiger partial charge in [-0.2, -0.15) is 0 Å². The number of rotatable bonds is 9. The molecule has 10 heteroatoms. The summed E-state index contributed by atoms with van der Waals surface area (Å²) in [7, 11) is 1.89. The van der Waals surface area contributed by atoms with E-state index in [1.165, 1.54) is 0 Å². The lowest BCUT2D eigenvalue weighted by Crippen LogP contribution is -2.50. The van der Waals surface area contributed by atoms with Crippen molar-refractivity contribution in [1.82, 2.24) is 14.6 Å². The highest BCUT2D eigenvalue weighted by Gasteiger charge is 2.34. The van der Waals surface area contributed by atoms with Crippen LogP contribution in [0.2, 0.25) is 0 Å². The second kappa shape index (κ2) is 10.7. The van der Waals surface area contributed by atoms with Crippen molar-refractivity contribution in [3.05, 3.63) is 72.4 Å². The summed E-state index contributed by atoms with van der Waals surface area (Å²) in [6.45, 7) is 3.40. The average molecular weight is 509 g/mol. The molecule has 1 aromatic heterocycles. The van der Waals surface area contributed by atoms with Gasteiger partial charge in [-0.05, 0) is 44.8 Å². The van der Waals surface area contributed by atoms with E-state index < -0.39 is 10.0 Å². The molecule has 2 N–H and O–H groups in total. The van der Waals surface area contributed by atoms with Crippen LogP contribution in [0.4, 0.5) is 22.9 Å². The standard InChI is InChI=1S/C26H32N6O3S/c1-19-26(33)31(4)24-17-27-25(16-23(24)32(19)18-20-9-6-5-7-10-20)29-21-11-8-12-22(15-21)36(34,35)28-13-14-30(2)3/h5-12,15-17,19,28H,13-14,18H2,1-4H3,(H,27,29). The molecule has 0 saturated carbocycles. The number of hydrogen-bond acceptors (Lipinski definition) is 7. The lowest BCUT2D eigenvalue weighted by molar-refractivity contribution is -0.119. The number of amides is 1. The Labute approximate surface area is 212 Å². The zero-order valence-electron chi connectivity index (χ0n) is 21.0. The molecule has 0 radical (unpaired) electrons. The van der Waals surface area contributed by atoms with E-state index in [2.05, 4.69) is 19.9 Å². The fraction of sp³-hybridized carbons (Fsp3) is 0.308. The topological polar surface area (TPSA) is 97.9 Å². The van der Waals surface area contributed by atoms with Crippen molar-refractivity contribution >= 4 is 38.8 Å². The van der Waals surface area contributed by atoms with E-state index in [0.717, 1.165) is 16.9 Å². The monoisotopic (exact) mass is 508 g/mol. The maximum absolute atomic E-state index is 12.9. The van der Waals surface area contributed by atoms with Gasteiger partial charge in [-0.25, -0.2) is 18.1 Å². The van der Waals surface area contributed by atoms with E-state index in [0.29, 0.717) is 31.1 Å². The first-order valence-corrected chi connectivity index (χ1v) is 13.2. The molecule has 0 aliphatic carbocycles. The van der Waals surface area contributed by atoms with Gasteiger partial charge in [0.1, 0.15) is 11.9 Å². The molecule has 1 atom stereocenters. The first-order chi connectivity index (χ1) is 17.2. The minimum Gasteiger partial charge on any atom is -0.354 e. The Bertz CT molecular complexity index is 1330. The zero-order chi connectivity index (χ0) is 25.9. The highest BCUT2D eigenvalue weighted by Crippen LogP contribution is 2.37. The molecule has 4 rings (SSSR count). The van der Waals surface area contributed by atoms with Crippen molar-refractivity contribution in [2.24, 2.45) is 0 Å². The highest BCUT2D eigenvalue weighted by atomic mass is 32.2. The van der Waals surface area contributed by atoms with Crippen LogP contribution < -0.4 is 19.8 Å². The number of anilines is 4. The molecule has 0 saturated heterocycles. The molecule has 36 heavy (non-hydrogen) atoms. The van der Waals surface area contributed by atoms with Crippen LogP contribution in [0.5, 0.6) is 0 Å². The third kappa shape index (κ3) is 5.67. The van der Waals surface area contributed by atoms with Crippen LogP contribution in [0.3, 0.4) is 0 Å². The van der Waals surface area contributed by atoms with Gasteiger partial charge in [-0.15, -0.1) is 0 Å². The number of benzene rings is 2. The predicted molar refractivity (Wildman–Crippen MR) is 143 cm³/mol. The van der Waals surface area contributed by atoms with E-state index in [4.69, 9.17) is 0 Å². The Morgan fingerprint density at radius 3 is 2.50 bits per heavy atom. The molecule has 2 heterocycles. The lowest BCUT2D eigenvalue weighted by atomic mass is 10.1. The average Bonchev–Trinajstić information content (AvgIpc) is 2.86. The molecule has 0 bridgehead atoms. The first-order valence-electron chi connectivity index (χ1n) is 11.8. The summed E-state index contributed by atoms with van der Waals surface area (Å²) in [5, 5.41) is 3.22. The molecule has 0 spiro atoms. The largest absolute Gasteiger partial charge is 0.354 e. The van der Waals surface area contributed by atoms with Crippen molar-refractivity contribution in [1.29, 1.82) is 0 Å². The Balaban J connectivity index is 1.60. The number of likely N-dealkylation sites (N-methyl/N-ethyl adjacent to an activating group) is 2. The fourth-order valence-corrected chi connectivity index (χ4v) is 5.18. The maximum Gasteiger partial charge on any atom is 0.249 e. The molecule has 1 amide bonds. The SMILES string of the molecule is CC1C(=O)N(C)c2cnc(Nc3cccc(S(=O)(=O)NCCN(C)C)c3)cc2N1Cc1ccccc1. The minimum absolute atomic E-state index is 0.000569. The van der Waals surface area contributed by atoms with Crippen molar-refractivity contribution < 1.29 is 13.2 Å². The van der Waals surface area contributed by atoms with Crippen molar-refractivity contribution in [2.45, 2.75) is 24.4 Å². The molecular weight excluding hydrogens is 476 g/mol. The molecular formula is C26H32N6O3S. The lowest BCUT2D eigenvalue weighted by Gasteiger charge is -2.40. The molecule has 1 aliphatic heterocycles. The first kappa shape index (κ1) is 25.6. The van der Waals surface area contributed by atoms with Crippen molar-refractivity contribution in [3.8, 4) is 0 Å². The third-order valence-corrected chi connectivity index (χ3v) is 7.61. The second-order valence-corrected chi connectivity index (χ2v) is 10.9. The number of nitrogens with one attached hydrogen (secondary N) is 2. The third-order valence-electron chi connectivity index (χ3n) is 6.15. The molecule has 1 aliphatic rings. The van der Waals surface area contributed by atoms with E-state index >= 15 is 0 Å². The van der Waals surface area contributed by atoms with E-state index in [9.17, 15) is 13.2 Å². The van der Waals surface area contributed by atoms with Gasteiger partial charge in [-0.3, -0.25) is 4.79 Å². The summed E-state index contributed by atoms with van der Waals surface area (Å²) in [5.74, 6) is 0.553. The van der Waals surface area contributed by atoms with E-state index in [1.807, 2.05) is 62.3 Å². The van der Waals surface area contributed by atoms with Gasteiger partial charge in [-0.1, -0.05) is 36.4 Å². The minimum atomic E-state index is -3.64. The second-order valence-electron chi connectivity index (χ2n) is 9.10. The van der Waals surface area contributed by atoms with Crippen LogP contribution in [-0.4, -0.2) is 64.5 Å². The number of pyridine rings is 1. The molecule has 1 unspecified atom stereocenters. The summed E-state index contributed by atoms with van der Waals surface area (Å²) in [4.78, 5) is 23.2. The van der Waals surface area contributed by atoms with Crippen molar-refractivity contribution in [2.75, 3.05) is 49.3 Å². The Morgan fingerprint density at radius 2 is 1.78 bits per heavy atom. The highest BCUT2D eigenvalue weighted by molar-refractivity contribution is 7.89. The Kier molecular flexibility index (Phi) is 7.58. The van der Waals surface area contributed by atoms with Crippen LogP contribution in [0.1, 0.15) is 12.5 Å². The smallest absolute Gasteiger partial charge is 0.249 e. The molecule has 0 fully saturated rings. The van der Waals surface area contributed by atoms with Crippen LogP contribution >= 0.6 is 0 Å². The Morgan fingerprint density at radius 1 is 1.03 bits per heavy atom. The van der Waals surface area contributed by atoms with Gasteiger partial charge in [0, 0.05) is 38.4 Å². The van der Waals surface area contributed by atoms with Gasteiger partial charge in [0.05, 0.1) is 22.5 Å². The Hall–Kier alpha value is -3.47. The number of hydrogen-bond donors (Lipinski definition) is 2. The number of carbonyl (C=O) groups excluding carboxylic acids is 1. The van der Waals surface area contributed by atoms with E-state index in [1.54, 1.807) is 42.4 Å². The zero-order valence-corrected chi connectivity index (χ0v) is 21.8. The van der Waals surface area contributed by atoms with Crippen LogP contribution in [0.25, 0.3) is 0 Å². The predicted octanol–water partition coefficient (Wildman–Crippen LogP) is 3.04. The summed E-state index contributed by atoms with van der Waals surface area (Å²) < 4.78 is 28.0. The number of carbonyl (C=O) groups is 1. The van der Waals surface area contributed by atoms with Gasteiger partial charge < -0.3 is 20.0 Å². The number of aromatic nitrogens is 1. The van der Waals surface area contributed by atoms with Crippen LogP contribution in [0, 0.1) is 0 Å².